The maximum Gasteiger partial charge on any atom is 0.229 e. The monoisotopic (exact) mass is 412 g/mol. The molecule has 28 heavy (non-hydrogen) atoms. The van der Waals surface area contributed by atoms with E-state index in [4.69, 9.17) is 0 Å². The number of carbonyl (C=O) groups is 2. The first kappa shape index (κ1) is 19.4. The molecular formula is C22H24N2O2S2. The Morgan fingerprint density at radius 2 is 1.89 bits per heavy atom. The predicted octanol–water partition coefficient (Wildman–Crippen LogP) is 4.46. The van der Waals surface area contributed by atoms with E-state index in [-0.39, 0.29) is 24.2 Å². The van der Waals surface area contributed by atoms with Crippen LogP contribution in [0.4, 0.5) is 5.69 Å². The Hall–Kier alpha value is -1.92. The number of hydrogen-bond donors (Lipinski definition) is 1. The fourth-order valence-electron chi connectivity index (χ4n) is 3.57. The second kappa shape index (κ2) is 8.62. The highest BCUT2D eigenvalue weighted by Gasteiger charge is 2.34. The molecule has 2 aromatic rings. The van der Waals surface area contributed by atoms with Gasteiger partial charge in [-0.3, -0.25) is 9.59 Å². The van der Waals surface area contributed by atoms with Crippen molar-refractivity contribution in [2.75, 3.05) is 23.4 Å². The molecular weight excluding hydrogens is 388 g/mol. The van der Waals surface area contributed by atoms with Crippen LogP contribution in [0.15, 0.2) is 48.5 Å². The standard InChI is InChI=1S/C22H24N2O2S2/c1-15-5-7-16(8-6-15)13-24-14-18(12-20(24)25)21(26)23-19-4-2-3-17(11-19)22-27-9-10-28-22/h2-8,11,18,22H,9-10,12-14H2,1H3,(H,23,26). The summed E-state index contributed by atoms with van der Waals surface area (Å²) in [7, 11) is 0. The van der Waals surface area contributed by atoms with E-state index in [1.807, 2.05) is 66.8 Å². The Kier molecular flexibility index (Phi) is 5.97. The number of amides is 2. The molecule has 2 aliphatic rings. The number of anilines is 1. The van der Waals surface area contributed by atoms with Crippen molar-refractivity contribution >= 4 is 41.0 Å². The number of rotatable bonds is 5. The third kappa shape index (κ3) is 4.55. The highest BCUT2D eigenvalue weighted by Crippen LogP contribution is 2.45. The first-order valence-electron chi connectivity index (χ1n) is 9.56. The van der Waals surface area contributed by atoms with Gasteiger partial charge in [0.1, 0.15) is 0 Å². The third-order valence-corrected chi connectivity index (χ3v) is 8.23. The van der Waals surface area contributed by atoms with Crippen molar-refractivity contribution < 1.29 is 9.59 Å². The van der Waals surface area contributed by atoms with E-state index in [0.29, 0.717) is 17.7 Å². The van der Waals surface area contributed by atoms with Crippen molar-refractivity contribution in [1.29, 1.82) is 0 Å². The van der Waals surface area contributed by atoms with Crippen LogP contribution in [0, 0.1) is 12.8 Å². The zero-order valence-electron chi connectivity index (χ0n) is 15.9. The minimum absolute atomic E-state index is 0.0493. The van der Waals surface area contributed by atoms with Crippen molar-refractivity contribution in [2.45, 2.75) is 24.5 Å². The van der Waals surface area contributed by atoms with Gasteiger partial charge < -0.3 is 10.2 Å². The molecule has 6 heteroatoms. The summed E-state index contributed by atoms with van der Waals surface area (Å²) in [5.74, 6) is 2.04. The van der Waals surface area contributed by atoms with E-state index < -0.39 is 0 Å². The number of likely N-dealkylation sites (tertiary alicyclic amines) is 1. The van der Waals surface area contributed by atoms with E-state index >= 15 is 0 Å². The number of carbonyl (C=O) groups excluding carboxylic acids is 2. The fourth-order valence-corrected chi connectivity index (χ4v) is 6.41. The SMILES string of the molecule is Cc1ccc(CN2CC(C(=O)Nc3cccc(C4SCCS4)c3)CC2=O)cc1. The van der Waals surface area contributed by atoms with Gasteiger partial charge in [0, 0.05) is 36.7 Å². The van der Waals surface area contributed by atoms with Crippen LogP contribution in [0.1, 0.15) is 27.7 Å². The lowest BCUT2D eigenvalue weighted by molar-refractivity contribution is -0.128. The molecule has 0 spiro atoms. The quantitative estimate of drug-likeness (QED) is 0.788. The van der Waals surface area contributed by atoms with Crippen molar-refractivity contribution in [3.8, 4) is 0 Å². The van der Waals surface area contributed by atoms with Crippen LogP contribution in [-0.2, 0) is 16.1 Å². The third-order valence-electron chi connectivity index (χ3n) is 5.13. The molecule has 4 rings (SSSR count). The number of nitrogens with zero attached hydrogens (tertiary/aromatic N) is 1. The van der Waals surface area contributed by atoms with Crippen LogP contribution in [-0.4, -0.2) is 34.8 Å². The molecule has 0 bridgehead atoms. The van der Waals surface area contributed by atoms with Crippen LogP contribution in [0.3, 0.4) is 0 Å². The summed E-state index contributed by atoms with van der Waals surface area (Å²) in [6, 6.07) is 16.3. The molecule has 0 aromatic heterocycles. The van der Waals surface area contributed by atoms with Crippen LogP contribution in [0.5, 0.6) is 0 Å². The fraction of sp³-hybridized carbons (Fsp3) is 0.364. The predicted molar refractivity (Wildman–Crippen MR) is 117 cm³/mol. The van der Waals surface area contributed by atoms with Crippen molar-refractivity contribution in [3.05, 3.63) is 65.2 Å². The normalized spacial score (nSPS) is 20.0. The van der Waals surface area contributed by atoms with E-state index in [1.54, 1.807) is 4.90 Å². The number of nitrogens with one attached hydrogen (secondary N) is 1. The second-order valence-electron chi connectivity index (χ2n) is 7.35. The maximum atomic E-state index is 12.7. The molecule has 2 amide bonds. The van der Waals surface area contributed by atoms with Crippen molar-refractivity contribution in [2.24, 2.45) is 5.92 Å². The molecule has 2 aliphatic heterocycles. The van der Waals surface area contributed by atoms with Gasteiger partial charge in [0.2, 0.25) is 11.8 Å². The largest absolute Gasteiger partial charge is 0.338 e. The smallest absolute Gasteiger partial charge is 0.229 e. The molecule has 1 atom stereocenters. The number of aryl methyl sites for hydroxylation is 1. The maximum absolute atomic E-state index is 12.7. The molecule has 146 valence electrons. The average molecular weight is 413 g/mol. The molecule has 2 aromatic carbocycles. The molecule has 1 unspecified atom stereocenters. The van der Waals surface area contributed by atoms with Crippen LogP contribution in [0.25, 0.3) is 0 Å². The minimum Gasteiger partial charge on any atom is -0.338 e. The first-order chi connectivity index (χ1) is 13.6. The van der Waals surface area contributed by atoms with Gasteiger partial charge in [-0.25, -0.2) is 0 Å². The summed E-state index contributed by atoms with van der Waals surface area (Å²) < 4.78 is 0.454. The molecule has 4 nitrogen and oxygen atoms in total. The second-order valence-corrected chi connectivity index (χ2v) is 10.1. The number of thioether (sulfide) groups is 2. The van der Waals surface area contributed by atoms with Crippen LogP contribution < -0.4 is 5.32 Å². The highest BCUT2D eigenvalue weighted by atomic mass is 32.2. The Labute approximate surface area is 174 Å². The van der Waals surface area contributed by atoms with E-state index in [0.717, 1.165) is 11.3 Å². The van der Waals surface area contributed by atoms with Gasteiger partial charge in [-0.2, -0.15) is 0 Å². The summed E-state index contributed by atoms with van der Waals surface area (Å²) in [5, 5.41) is 3.02. The summed E-state index contributed by atoms with van der Waals surface area (Å²) in [6.07, 6.45) is 0.283. The lowest BCUT2D eigenvalue weighted by Crippen LogP contribution is -2.28. The Morgan fingerprint density at radius 1 is 1.14 bits per heavy atom. The van der Waals surface area contributed by atoms with E-state index in [1.165, 1.54) is 22.6 Å². The van der Waals surface area contributed by atoms with Gasteiger partial charge in [-0.05, 0) is 30.2 Å². The molecule has 1 N–H and O–H groups in total. The average Bonchev–Trinajstić information content (AvgIpc) is 3.34. The minimum atomic E-state index is -0.295. The van der Waals surface area contributed by atoms with E-state index in [2.05, 4.69) is 17.4 Å². The Balaban J connectivity index is 1.37. The summed E-state index contributed by atoms with van der Waals surface area (Å²) >= 11 is 3.90. The van der Waals surface area contributed by atoms with Crippen molar-refractivity contribution in [3.63, 3.8) is 0 Å². The number of hydrogen-bond acceptors (Lipinski definition) is 4. The van der Waals surface area contributed by atoms with Crippen molar-refractivity contribution in [1.82, 2.24) is 4.90 Å². The zero-order valence-corrected chi connectivity index (χ0v) is 17.5. The van der Waals surface area contributed by atoms with Gasteiger partial charge in [-0.1, -0.05) is 42.0 Å². The van der Waals surface area contributed by atoms with Gasteiger partial charge in [-0.15, -0.1) is 23.5 Å². The van der Waals surface area contributed by atoms with Gasteiger partial charge in [0.25, 0.3) is 0 Å². The molecule has 2 heterocycles. The summed E-state index contributed by atoms with van der Waals surface area (Å²) in [4.78, 5) is 26.9. The van der Waals surface area contributed by atoms with Gasteiger partial charge in [0.15, 0.2) is 0 Å². The van der Waals surface area contributed by atoms with Crippen LogP contribution in [0.2, 0.25) is 0 Å². The number of benzene rings is 2. The summed E-state index contributed by atoms with van der Waals surface area (Å²) in [6.45, 7) is 3.09. The van der Waals surface area contributed by atoms with Gasteiger partial charge in [0.05, 0.1) is 10.5 Å². The first-order valence-corrected chi connectivity index (χ1v) is 11.7. The molecule has 2 saturated heterocycles. The highest BCUT2D eigenvalue weighted by molar-refractivity contribution is 8.19. The molecule has 0 radical (unpaired) electrons. The van der Waals surface area contributed by atoms with Crippen LogP contribution >= 0.6 is 23.5 Å². The van der Waals surface area contributed by atoms with E-state index in [9.17, 15) is 9.59 Å². The zero-order chi connectivity index (χ0) is 19.5. The molecule has 0 aliphatic carbocycles. The van der Waals surface area contributed by atoms with Gasteiger partial charge >= 0.3 is 0 Å². The lowest BCUT2D eigenvalue weighted by atomic mass is 10.1. The summed E-state index contributed by atoms with van der Waals surface area (Å²) in [5.41, 5.74) is 4.36. The molecule has 2 fully saturated rings. The Bertz CT molecular complexity index is 863. The lowest BCUT2D eigenvalue weighted by Gasteiger charge is -2.17. The Morgan fingerprint density at radius 3 is 2.64 bits per heavy atom. The molecule has 0 saturated carbocycles. The topological polar surface area (TPSA) is 49.4 Å².